The van der Waals surface area contributed by atoms with E-state index in [9.17, 15) is 18.0 Å². The van der Waals surface area contributed by atoms with Gasteiger partial charge in [-0.15, -0.1) is 11.3 Å². The zero-order valence-corrected chi connectivity index (χ0v) is 20.3. The van der Waals surface area contributed by atoms with Crippen LogP contribution < -0.4 is 20.9 Å². The van der Waals surface area contributed by atoms with Gasteiger partial charge in [-0.1, -0.05) is 23.2 Å². The summed E-state index contributed by atoms with van der Waals surface area (Å²) in [6.07, 6.45) is 2.21. The summed E-state index contributed by atoms with van der Waals surface area (Å²) in [5, 5.41) is 6.31. The molecular weight excluding hydrogens is 521 g/mol. The first-order valence-corrected chi connectivity index (χ1v) is 12.9. The molecule has 0 spiro atoms. The van der Waals surface area contributed by atoms with Crippen molar-refractivity contribution in [2.45, 2.75) is 10.6 Å². The van der Waals surface area contributed by atoms with E-state index in [1.54, 1.807) is 6.07 Å². The maximum Gasteiger partial charge on any atom is 0.333 e. The number of nitrogens with zero attached hydrogens (tertiary/aromatic N) is 2. The van der Waals surface area contributed by atoms with E-state index in [1.807, 2.05) is 10.8 Å². The monoisotopic (exact) mass is 535 g/mol. The van der Waals surface area contributed by atoms with Crippen LogP contribution in [0.3, 0.4) is 0 Å². The van der Waals surface area contributed by atoms with Crippen LogP contribution in [-0.2, 0) is 16.4 Å². The van der Waals surface area contributed by atoms with E-state index >= 15 is 0 Å². The molecule has 34 heavy (non-hydrogen) atoms. The minimum Gasteiger partial charge on any atom is -0.384 e. The van der Waals surface area contributed by atoms with Gasteiger partial charge in [0.2, 0.25) is 0 Å². The van der Waals surface area contributed by atoms with Crippen molar-refractivity contribution >= 4 is 72.9 Å². The Morgan fingerprint density at radius 2 is 1.97 bits per heavy atom. The third-order valence-electron chi connectivity index (χ3n) is 5.23. The van der Waals surface area contributed by atoms with E-state index < -0.39 is 16.1 Å². The Bertz CT molecular complexity index is 1630. The zero-order chi connectivity index (χ0) is 24.0. The summed E-state index contributed by atoms with van der Waals surface area (Å²) in [4.78, 5) is 29.8. The highest BCUT2D eigenvalue weighted by Crippen LogP contribution is 2.29. The summed E-state index contributed by atoms with van der Waals surface area (Å²) < 4.78 is 28.0. The van der Waals surface area contributed by atoms with Crippen molar-refractivity contribution in [2.75, 3.05) is 17.2 Å². The minimum absolute atomic E-state index is 0.0920. The van der Waals surface area contributed by atoms with Gasteiger partial charge in [0.15, 0.2) is 0 Å². The molecule has 5 rings (SSSR count). The number of nitrogens with one attached hydrogen (secondary N) is 3. The molecule has 174 valence electrons. The number of hydrogen-bond acceptors (Lipinski definition) is 7. The molecule has 3 heterocycles. The Labute approximate surface area is 207 Å². The van der Waals surface area contributed by atoms with E-state index in [0.29, 0.717) is 16.6 Å². The quantitative estimate of drug-likeness (QED) is 0.359. The van der Waals surface area contributed by atoms with Gasteiger partial charge in [0.25, 0.3) is 15.6 Å². The molecular formula is C21H15Cl2N5O4S2. The zero-order valence-electron chi connectivity index (χ0n) is 17.1. The molecule has 2 aromatic carbocycles. The molecule has 2 amide bonds. The van der Waals surface area contributed by atoms with Crippen LogP contribution in [0.25, 0.3) is 16.6 Å². The van der Waals surface area contributed by atoms with Gasteiger partial charge in [-0.25, -0.2) is 22.9 Å². The average Bonchev–Trinajstić information content (AvgIpc) is 3.43. The van der Waals surface area contributed by atoms with Gasteiger partial charge in [-0.05, 0) is 48.9 Å². The molecule has 2 aromatic heterocycles. The summed E-state index contributed by atoms with van der Waals surface area (Å²) in [5.74, 6) is 0. The minimum atomic E-state index is -4.07. The number of fused-ring (bicyclic) bond motifs is 3. The number of rotatable bonds is 4. The van der Waals surface area contributed by atoms with E-state index in [1.165, 1.54) is 41.2 Å². The summed E-state index contributed by atoms with van der Waals surface area (Å²) in [6.45, 7) is 0.801. The molecule has 0 saturated heterocycles. The summed E-state index contributed by atoms with van der Waals surface area (Å²) in [6, 6.07) is 9.79. The second kappa shape index (κ2) is 8.58. The number of hydrogen-bond donors (Lipinski definition) is 3. The number of thiophene rings is 1. The van der Waals surface area contributed by atoms with Crippen LogP contribution in [-0.4, -0.2) is 30.5 Å². The first-order valence-electron chi connectivity index (χ1n) is 9.89. The van der Waals surface area contributed by atoms with Crippen molar-refractivity contribution in [1.82, 2.24) is 14.3 Å². The van der Waals surface area contributed by atoms with Crippen molar-refractivity contribution < 1.29 is 13.2 Å². The van der Waals surface area contributed by atoms with Crippen LogP contribution in [0.1, 0.15) is 5.56 Å². The fourth-order valence-electron chi connectivity index (χ4n) is 3.72. The normalized spacial score (nSPS) is 12.9. The number of carbonyl (C=O) groups excluding carboxylic acids is 1. The Morgan fingerprint density at radius 3 is 2.71 bits per heavy atom. The molecule has 3 N–H and O–H groups in total. The molecule has 0 saturated carbocycles. The third kappa shape index (κ3) is 4.11. The second-order valence-electron chi connectivity index (χ2n) is 7.37. The number of amides is 2. The molecule has 1 aliphatic heterocycles. The highest BCUT2D eigenvalue weighted by atomic mass is 35.5. The Hall–Kier alpha value is -3.12. The first kappa shape index (κ1) is 22.7. The van der Waals surface area contributed by atoms with Crippen LogP contribution in [0.15, 0.2) is 57.8 Å². The molecule has 0 atom stereocenters. The fraction of sp³-hybridized carbons (Fsp3) is 0.0952. The number of carbonyl (C=O) groups is 1. The largest absolute Gasteiger partial charge is 0.384 e. The number of halogens is 2. The van der Waals surface area contributed by atoms with Crippen LogP contribution in [0, 0.1) is 0 Å². The number of anilines is 2. The lowest BCUT2D eigenvalue weighted by atomic mass is 10.1. The summed E-state index contributed by atoms with van der Waals surface area (Å²) in [7, 11) is -4.07. The van der Waals surface area contributed by atoms with Gasteiger partial charge in [-0.3, -0.25) is 9.36 Å². The molecule has 1 aliphatic rings. The molecule has 0 bridgehead atoms. The summed E-state index contributed by atoms with van der Waals surface area (Å²) >= 11 is 13.0. The van der Waals surface area contributed by atoms with Crippen LogP contribution in [0.2, 0.25) is 9.36 Å². The molecule has 0 radical (unpaired) electrons. The van der Waals surface area contributed by atoms with Gasteiger partial charge >= 0.3 is 6.03 Å². The molecule has 4 aromatic rings. The van der Waals surface area contributed by atoms with E-state index in [2.05, 4.69) is 15.6 Å². The van der Waals surface area contributed by atoms with Crippen LogP contribution in [0.4, 0.5) is 16.2 Å². The van der Waals surface area contributed by atoms with Crippen molar-refractivity contribution in [2.24, 2.45) is 0 Å². The molecule has 0 aliphatic carbocycles. The number of aromatic nitrogens is 2. The van der Waals surface area contributed by atoms with E-state index in [0.717, 1.165) is 35.6 Å². The lowest BCUT2D eigenvalue weighted by Crippen LogP contribution is -2.33. The number of benzene rings is 2. The predicted molar refractivity (Wildman–Crippen MR) is 133 cm³/mol. The van der Waals surface area contributed by atoms with Crippen molar-refractivity contribution in [3.8, 4) is 5.69 Å². The standard InChI is InChI=1S/C21H15Cl2N5O4S2/c22-14-9-11(26-21(30)27-34(31,32)18-6-5-17(23)33-18)1-4-16(14)28-10-25-19-12-7-8-24-15(12)3-2-13(19)20(28)29/h1-6,9-10,24H,7-8H2,(H2,26,27,30). The third-order valence-corrected chi connectivity index (χ3v) is 8.59. The van der Waals surface area contributed by atoms with Gasteiger partial charge < -0.3 is 10.6 Å². The van der Waals surface area contributed by atoms with Crippen molar-refractivity contribution in [1.29, 1.82) is 0 Å². The predicted octanol–water partition coefficient (Wildman–Crippen LogP) is 4.23. The Kier molecular flexibility index (Phi) is 5.72. The highest BCUT2D eigenvalue weighted by molar-refractivity contribution is 7.92. The average molecular weight is 536 g/mol. The summed E-state index contributed by atoms with van der Waals surface area (Å²) in [5.41, 5.74) is 2.97. The van der Waals surface area contributed by atoms with Crippen LogP contribution in [0.5, 0.6) is 0 Å². The lowest BCUT2D eigenvalue weighted by molar-refractivity contribution is 0.256. The highest BCUT2D eigenvalue weighted by Gasteiger charge is 2.21. The lowest BCUT2D eigenvalue weighted by Gasteiger charge is -2.12. The first-order chi connectivity index (χ1) is 16.2. The van der Waals surface area contributed by atoms with Gasteiger partial charge in [0, 0.05) is 23.5 Å². The van der Waals surface area contributed by atoms with E-state index in [4.69, 9.17) is 23.2 Å². The topological polar surface area (TPSA) is 122 Å². The van der Waals surface area contributed by atoms with Gasteiger partial charge in [0.05, 0.1) is 25.9 Å². The molecule has 0 fully saturated rings. The molecule has 9 nitrogen and oxygen atoms in total. The Morgan fingerprint density at radius 1 is 1.15 bits per heavy atom. The van der Waals surface area contributed by atoms with Crippen molar-refractivity contribution in [3.63, 3.8) is 0 Å². The number of sulfonamides is 1. The second-order valence-corrected chi connectivity index (χ2v) is 11.4. The molecule has 0 unspecified atom stereocenters. The van der Waals surface area contributed by atoms with Crippen LogP contribution >= 0.6 is 34.5 Å². The maximum atomic E-state index is 13.1. The molecule has 13 heteroatoms. The maximum absolute atomic E-state index is 13.1. The van der Waals surface area contributed by atoms with Gasteiger partial charge in [0.1, 0.15) is 10.5 Å². The van der Waals surface area contributed by atoms with Gasteiger partial charge in [-0.2, -0.15) is 0 Å². The smallest absolute Gasteiger partial charge is 0.333 e. The number of urea groups is 1. The Balaban J connectivity index is 1.39. The fourth-order valence-corrected chi connectivity index (χ4v) is 6.38. The SMILES string of the molecule is O=C(Nc1ccc(-n2cnc3c4c(ccc3c2=O)NCC4)c(Cl)c1)NS(=O)(=O)c1ccc(Cl)s1. The van der Waals surface area contributed by atoms with E-state index in [-0.39, 0.29) is 24.8 Å². The van der Waals surface area contributed by atoms with Crippen molar-refractivity contribution in [3.05, 3.63) is 74.1 Å².